The lowest BCUT2D eigenvalue weighted by Crippen LogP contribution is -2.38. The van der Waals surface area contributed by atoms with Crippen molar-refractivity contribution in [3.63, 3.8) is 0 Å². The maximum Gasteiger partial charge on any atom is 0.252 e. The summed E-state index contributed by atoms with van der Waals surface area (Å²) < 4.78 is 1.88. The van der Waals surface area contributed by atoms with Crippen LogP contribution in [0.25, 0.3) is 5.65 Å². The van der Waals surface area contributed by atoms with Gasteiger partial charge >= 0.3 is 0 Å². The van der Waals surface area contributed by atoms with Crippen molar-refractivity contribution in [1.29, 1.82) is 0 Å². The highest BCUT2D eigenvalue weighted by atomic mass is 16.1. The van der Waals surface area contributed by atoms with Crippen LogP contribution in [0.5, 0.6) is 0 Å². The molecule has 0 radical (unpaired) electrons. The van der Waals surface area contributed by atoms with E-state index in [1.807, 2.05) is 22.9 Å². The number of hydrogen-bond acceptors (Lipinski definition) is 3. The standard InChI is InChI=1S/C16H22N4O/c1-11-5-12(2)8-19(7-11)9-13-6-14(15(17)21)16-18-3-4-20(16)10-13/h3-4,6,10-12H,5,7-9H2,1-2H3,(H2,17,21)/t11-,12+. The Balaban J connectivity index is 1.88. The minimum atomic E-state index is -0.423. The number of carbonyl (C=O) groups excluding carboxylic acids is 1. The first-order valence-corrected chi connectivity index (χ1v) is 7.50. The minimum Gasteiger partial charge on any atom is -0.365 e. The Kier molecular flexibility index (Phi) is 3.68. The second kappa shape index (κ2) is 5.48. The smallest absolute Gasteiger partial charge is 0.252 e. The quantitative estimate of drug-likeness (QED) is 0.937. The van der Waals surface area contributed by atoms with E-state index in [-0.39, 0.29) is 0 Å². The molecule has 2 atom stereocenters. The average Bonchev–Trinajstić information content (AvgIpc) is 2.84. The molecule has 3 heterocycles. The molecule has 0 spiro atoms. The maximum absolute atomic E-state index is 11.6. The van der Waals surface area contributed by atoms with Crippen LogP contribution < -0.4 is 5.73 Å². The highest BCUT2D eigenvalue weighted by Gasteiger charge is 2.22. The van der Waals surface area contributed by atoms with Crippen LogP contribution in [0.15, 0.2) is 24.7 Å². The highest BCUT2D eigenvalue weighted by Crippen LogP contribution is 2.23. The van der Waals surface area contributed by atoms with E-state index in [1.165, 1.54) is 6.42 Å². The van der Waals surface area contributed by atoms with Crippen molar-refractivity contribution >= 4 is 11.6 Å². The molecule has 0 saturated carbocycles. The molecular weight excluding hydrogens is 264 g/mol. The second-order valence-electron chi connectivity index (χ2n) is 6.42. The van der Waals surface area contributed by atoms with Gasteiger partial charge in [0.1, 0.15) is 5.65 Å². The van der Waals surface area contributed by atoms with E-state index in [2.05, 4.69) is 23.7 Å². The number of hydrogen-bond donors (Lipinski definition) is 1. The number of rotatable bonds is 3. The summed E-state index contributed by atoms with van der Waals surface area (Å²) in [6.07, 6.45) is 6.88. The summed E-state index contributed by atoms with van der Waals surface area (Å²) in [6.45, 7) is 7.67. The fourth-order valence-corrected chi connectivity index (χ4v) is 3.54. The number of piperidine rings is 1. The summed E-state index contributed by atoms with van der Waals surface area (Å²) in [5.41, 5.74) is 7.71. The molecule has 2 N–H and O–H groups in total. The molecular formula is C16H22N4O. The Morgan fingerprint density at radius 2 is 2.10 bits per heavy atom. The minimum absolute atomic E-state index is 0.423. The molecule has 1 aliphatic rings. The van der Waals surface area contributed by atoms with E-state index in [4.69, 9.17) is 5.73 Å². The Labute approximate surface area is 124 Å². The molecule has 0 aromatic carbocycles. The molecule has 0 unspecified atom stereocenters. The van der Waals surface area contributed by atoms with E-state index >= 15 is 0 Å². The predicted molar refractivity (Wildman–Crippen MR) is 81.9 cm³/mol. The third-order valence-corrected chi connectivity index (χ3v) is 4.16. The molecule has 1 aliphatic heterocycles. The number of carbonyl (C=O) groups is 1. The van der Waals surface area contributed by atoms with Crippen molar-refractivity contribution in [2.75, 3.05) is 13.1 Å². The lowest BCUT2D eigenvalue weighted by atomic mass is 9.91. The van der Waals surface area contributed by atoms with Gasteiger partial charge in [0, 0.05) is 38.2 Å². The number of fused-ring (bicyclic) bond motifs is 1. The first-order chi connectivity index (χ1) is 10.0. The predicted octanol–water partition coefficient (Wildman–Crippen LogP) is 1.91. The lowest BCUT2D eigenvalue weighted by Gasteiger charge is -2.35. The van der Waals surface area contributed by atoms with Crippen molar-refractivity contribution in [2.45, 2.75) is 26.8 Å². The third-order valence-electron chi connectivity index (χ3n) is 4.16. The van der Waals surface area contributed by atoms with E-state index in [1.54, 1.807) is 6.20 Å². The third kappa shape index (κ3) is 2.93. The lowest BCUT2D eigenvalue weighted by molar-refractivity contribution is 0.100. The molecule has 1 fully saturated rings. The monoisotopic (exact) mass is 286 g/mol. The fourth-order valence-electron chi connectivity index (χ4n) is 3.54. The first kappa shape index (κ1) is 14.1. The maximum atomic E-state index is 11.6. The van der Waals surface area contributed by atoms with Crippen LogP contribution in [0.4, 0.5) is 0 Å². The number of primary amides is 1. The summed E-state index contributed by atoms with van der Waals surface area (Å²) in [6, 6.07) is 1.88. The van der Waals surface area contributed by atoms with Crippen LogP contribution in [0.1, 0.15) is 36.2 Å². The molecule has 112 valence electrons. The normalized spacial score (nSPS) is 23.5. The van der Waals surface area contributed by atoms with Gasteiger partial charge in [-0.15, -0.1) is 0 Å². The van der Waals surface area contributed by atoms with E-state index in [0.29, 0.717) is 11.2 Å². The van der Waals surface area contributed by atoms with E-state index < -0.39 is 5.91 Å². The number of likely N-dealkylation sites (tertiary alicyclic amines) is 1. The van der Waals surface area contributed by atoms with Crippen LogP contribution in [0, 0.1) is 11.8 Å². The summed E-state index contributed by atoms with van der Waals surface area (Å²) in [5, 5.41) is 0. The van der Waals surface area contributed by atoms with Gasteiger partial charge in [-0.1, -0.05) is 13.8 Å². The molecule has 5 heteroatoms. The SMILES string of the molecule is C[C@@H]1C[C@H](C)CN(Cc2cc(C(N)=O)c3nccn3c2)C1. The number of imidazole rings is 1. The van der Waals surface area contributed by atoms with Crippen LogP contribution in [-0.2, 0) is 6.54 Å². The molecule has 1 amide bonds. The van der Waals surface area contributed by atoms with Crippen LogP contribution in [0.2, 0.25) is 0 Å². The Morgan fingerprint density at radius 1 is 1.38 bits per heavy atom. The van der Waals surface area contributed by atoms with Gasteiger partial charge in [-0.25, -0.2) is 4.98 Å². The number of amides is 1. The van der Waals surface area contributed by atoms with Gasteiger partial charge in [-0.3, -0.25) is 9.69 Å². The molecule has 1 saturated heterocycles. The van der Waals surface area contributed by atoms with Crippen molar-refractivity contribution in [3.05, 3.63) is 35.8 Å². The van der Waals surface area contributed by atoms with Gasteiger partial charge in [-0.05, 0) is 29.9 Å². The van der Waals surface area contributed by atoms with Crippen molar-refractivity contribution in [1.82, 2.24) is 14.3 Å². The van der Waals surface area contributed by atoms with Gasteiger partial charge in [-0.2, -0.15) is 0 Å². The number of nitrogens with zero attached hydrogens (tertiary/aromatic N) is 3. The average molecular weight is 286 g/mol. The van der Waals surface area contributed by atoms with Gasteiger partial charge in [0.15, 0.2) is 0 Å². The highest BCUT2D eigenvalue weighted by molar-refractivity contribution is 5.98. The zero-order valence-corrected chi connectivity index (χ0v) is 12.6. The van der Waals surface area contributed by atoms with Crippen molar-refractivity contribution in [3.8, 4) is 0 Å². The molecule has 3 rings (SSSR count). The summed E-state index contributed by atoms with van der Waals surface area (Å²) >= 11 is 0. The number of aromatic nitrogens is 2. The van der Waals surface area contributed by atoms with Crippen LogP contribution >= 0.6 is 0 Å². The summed E-state index contributed by atoms with van der Waals surface area (Å²) in [5.74, 6) is 1.02. The Morgan fingerprint density at radius 3 is 2.76 bits per heavy atom. The van der Waals surface area contributed by atoms with Crippen molar-refractivity contribution < 1.29 is 4.79 Å². The largest absolute Gasteiger partial charge is 0.365 e. The fraction of sp³-hybridized carbons (Fsp3) is 0.500. The van der Waals surface area contributed by atoms with Gasteiger partial charge < -0.3 is 10.1 Å². The molecule has 0 aliphatic carbocycles. The molecule has 2 aromatic rings. The van der Waals surface area contributed by atoms with Crippen LogP contribution in [-0.4, -0.2) is 33.3 Å². The molecule has 2 aromatic heterocycles. The van der Waals surface area contributed by atoms with Crippen molar-refractivity contribution in [2.24, 2.45) is 17.6 Å². The topological polar surface area (TPSA) is 63.6 Å². The molecule has 21 heavy (non-hydrogen) atoms. The van der Waals surface area contributed by atoms with Gasteiger partial charge in [0.05, 0.1) is 5.56 Å². The Bertz CT molecular complexity index is 653. The zero-order valence-electron chi connectivity index (χ0n) is 12.6. The summed E-state index contributed by atoms with van der Waals surface area (Å²) in [4.78, 5) is 18.3. The number of nitrogens with two attached hydrogens (primary N) is 1. The first-order valence-electron chi connectivity index (χ1n) is 7.50. The molecule has 0 bridgehead atoms. The van der Waals surface area contributed by atoms with E-state index in [9.17, 15) is 4.79 Å². The molecule has 5 nitrogen and oxygen atoms in total. The zero-order chi connectivity index (χ0) is 15.0. The summed E-state index contributed by atoms with van der Waals surface area (Å²) in [7, 11) is 0. The van der Waals surface area contributed by atoms with Crippen LogP contribution in [0.3, 0.4) is 0 Å². The Hall–Kier alpha value is -1.88. The van der Waals surface area contributed by atoms with Gasteiger partial charge in [0.2, 0.25) is 0 Å². The second-order valence-corrected chi connectivity index (χ2v) is 6.42. The number of pyridine rings is 1. The van der Waals surface area contributed by atoms with E-state index in [0.717, 1.165) is 37.0 Å². The van der Waals surface area contributed by atoms with Gasteiger partial charge in [0.25, 0.3) is 5.91 Å².